The first-order chi connectivity index (χ1) is 42.7. The number of hydrogen-bond acceptors (Lipinski definition) is 15. The van der Waals surface area contributed by atoms with Crippen LogP contribution in [0.25, 0.3) is 0 Å². The molecule has 7 atom stereocenters. The van der Waals surface area contributed by atoms with Crippen molar-refractivity contribution in [2.75, 3.05) is 39.6 Å². The number of ether oxygens (including phenoxy) is 4. The maximum absolute atomic E-state index is 13.0. The summed E-state index contributed by atoms with van der Waals surface area (Å²) in [5.41, 5.74) is 0. The van der Waals surface area contributed by atoms with Crippen molar-refractivity contribution in [3.63, 3.8) is 0 Å². The lowest BCUT2D eigenvalue weighted by Gasteiger charge is -2.21. The van der Waals surface area contributed by atoms with Gasteiger partial charge in [-0.2, -0.15) is 0 Å². The van der Waals surface area contributed by atoms with E-state index in [1.165, 1.54) is 141 Å². The molecule has 0 fully saturated rings. The van der Waals surface area contributed by atoms with Gasteiger partial charge < -0.3 is 33.8 Å². The molecule has 0 aromatic rings. The summed E-state index contributed by atoms with van der Waals surface area (Å²) in [4.78, 5) is 72.5. The summed E-state index contributed by atoms with van der Waals surface area (Å²) < 4.78 is 68.3. The number of phosphoric acid groups is 2. The minimum atomic E-state index is -4.95. The second-order valence-electron chi connectivity index (χ2n) is 26.7. The fourth-order valence-corrected chi connectivity index (χ4v) is 12.0. The molecular formula is C70H136O17P2. The summed E-state index contributed by atoms with van der Waals surface area (Å²) in [6.45, 7) is 14.1. The number of aliphatic hydroxyl groups is 1. The number of carbonyl (C=O) groups excluding carboxylic acids is 4. The highest BCUT2D eigenvalue weighted by Gasteiger charge is 2.30. The summed E-state index contributed by atoms with van der Waals surface area (Å²) in [5.74, 6) is 0.895. The second-order valence-corrected chi connectivity index (χ2v) is 29.6. The van der Waals surface area contributed by atoms with Crippen LogP contribution in [0.3, 0.4) is 0 Å². The molecule has 0 spiro atoms. The van der Waals surface area contributed by atoms with Crippen LogP contribution >= 0.6 is 15.6 Å². The number of hydrogen-bond donors (Lipinski definition) is 3. The fraction of sp³-hybridized carbons (Fsp3) is 0.943. The smallest absolute Gasteiger partial charge is 0.462 e. The number of unbranched alkanes of at least 4 members (excludes halogenated alkanes) is 31. The zero-order valence-electron chi connectivity index (χ0n) is 58.1. The van der Waals surface area contributed by atoms with E-state index in [9.17, 15) is 43.2 Å². The molecule has 0 saturated heterocycles. The van der Waals surface area contributed by atoms with Crippen LogP contribution in [0.5, 0.6) is 0 Å². The highest BCUT2D eigenvalue weighted by molar-refractivity contribution is 7.47. The Morgan fingerprint density at radius 3 is 0.798 bits per heavy atom. The molecule has 3 N–H and O–H groups in total. The minimum Gasteiger partial charge on any atom is -0.462 e. The molecule has 0 rings (SSSR count). The molecule has 0 saturated carbocycles. The zero-order valence-corrected chi connectivity index (χ0v) is 59.8. The Morgan fingerprint density at radius 1 is 0.315 bits per heavy atom. The van der Waals surface area contributed by atoms with E-state index in [4.69, 9.17) is 37.0 Å². The van der Waals surface area contributed by atoms with Crippen molar-refractivity contribution < 1.29 is 80.2 Å². The van der Waals surface area contributed by atoms with Gasteiger partial charge in [-0.05, 0) is 49.4 Å². The van der Waals surface area contributed by atoms with Gasteiger partial charge in [0.2, 0.25) is 0 Å². The largest absolute Gasteiger partial charge is 0.472 e. The van der Waals surface area contributed by atoms with Crippen LogP contribution in [0, 0.1) is 23.7 Å². The van der Waals surface area contributed by atoms with Crippen molar-refractivity contribution in [2.24, 2.45) is 23.7 Å². The molecule has 0 amide bonds. The molecule has 89 heavy (non-hydrogen) atoms. The van der Waals surface area contributed by atoms with Gasteiger partial charge in [0, 0.05) is 25.7 Å². The number of phosphoric ester groups is 2. The molecule has 4 unspecified atom stereocenters. The van der Waals surface area contributed by atoms with Crippen molar-refractivity contribution >= 4 is 39.5 Å². The van der Waals surface area contributed by atoms with Crippen LogP contribution in [-0.2, 0) is 65.4 Å². The van der Waals surface area contributed by atoms with Gasteiger partial charge in [0.15, 0.2) is 12.2 Å². The monoisotopic (exact) mass is 1310 g/mol. The Labute approximate surface area is 543 Å². The van der Waals surface area contributed by atoms with E-state index in [-0.39, 0.29) is 25.7 Å². The molecule has 19 heteroatoms. The van der Waals surface area contributed by atoms with Crippen molar-refractivity contribution in [2.45, 2.75) is 363 Å². The van der Waals surface area contributed by atoms with Gasteiger partial charge in [0.05, 0.1) is 26.4 Å². The summed E-state index contributed by atoms with van der Waals surface area (Å²) in [7, 11) is -9.90. The molecule has 0 aromatic carbocycles. The molecule has 0 heterocycles. The minimum absolute atomic E-state index is 0.105. The topological polar surface area (TPSA) is 237 Å². The van der Waals surface area contributed by atoms with Crippen molar-refractivity contribution in [1.82, 2.24) is 0 Å². The van der Waals surface area contributed by atoms with Gasteiger partial charge in [0.1, 0.15) is 19.3 Å². The Kier molecular flexibility index (Phi) is 58.5. The van der Waals surface area contributed by atoms with E-state index in [0.717, 1.165) is 120 Å². The van der Waals surface area contributed by atoms with Gasteiger partial charge >= 0.3 is 39.5 Å². The van der Waals surface area contributed by atoms with Gasteiger partial charge in [-0.3, -0.25) is 37.3 Å². The van der Waals surface area contributed by atoms with Crippen LogP contribution in [-0.4, -0.2) is 96.7 Å². The third-order valence-electron chi connectivity index (χ3n) is 16.8. The third-order valence-corrected chi connectivity index (χ3v) is 18.7. The maximum Gasteiger partial charge on any atom is 0.472 e. The standard InChI is InChI=1S/C70H136O17P2/c1-9-62(7)48-40-32-24-17-14-15-19-27-37-45-53-70(75)86-65(56-80-67(72)50-42-34-25-21-20-23-31-39-47-61(5)6)58-84-88(76,77)82-54-64(71)55-83-89(78,79)85-59-66(57-81-68(73)51-43-35-29-28-33-41-49-63(8)10-2)87-69(74)52-44-36-26-18-13-11-12-16-22-30-38-46-60(3)4/h60-66,71H,9-59H2,1-8H3,(H,76,77)(H,78,79)/t62?,63?,64-,65-,66-/m1/s1. The molecule has 528 valence electrons. The first-order valence-corrected chi connectivity index (χ1v) is 39.3. The van der Waals surface area contributed by atoms with Crippen LogP contribution < -0.4 is 0 Å². The lowest BCUT2D eigenvalue weighted by atomic mass is 9.99. The summed E-state index contributed by atoms with van der Waals surface area (Å²) in [6, 6.07) is 0. The first kappa shape index (κ1) is 87.1. The van der Waals surface area contributed by atoms with Crippen molar-refractivity contribution in [3.8, 4) is 0 Å². The van der Waals surface area contributed by atoms with Gasteiger partial charge in [0.25, 0.3) is 0 Å². The Bertz CT molecular complexity index is 1770. The Hall–Kier alpha value is -1.94. The third kappa shape index (κ3) is 62.0. The summed E-state index contributed by atoms with van der Waals surface area (Å²) in [5, 5.41) is 10.6. The first-order valence-electron chi connectivity index (χ1n) is 36.3. The predicted molar refractivity (Wildman–Crippen MR) is 358 cm³/mol. The Balaban J connectivity index is 5.27. The molecule has 0 aliphatic heterocycles. The SMILES string of the molecule is CCC(C)CCCCCCCCCCCCC(=O)O[C@H](COC(=O)CCCCCCCCCCC(C)C)COP(=O)(O)OC[C@@H](O)COP(=O)(O)OC[C@@H](COC(=O)CCCCCCCCC(C)CC)OC(=O)CCCCCCCCCCCCCC(C)C. The van der Waals surface area contributed by atoms with E-state index in [1.54, 1.807) is 0 Å². The van der Waals surface area contributed by atoms with Crippen molar-refractivity contribution in [3.05, 3.63) is 0 Å². The van der Waals surface area contributed by atoms with E-state index in [0.29, 0.717) is 25.7 Å². The van der Waals surface area contributed by atoms with Gasteiger partial charge in [-0.25, -0.2) is 9.13 Å². The molecule has 0 bridgehead atoms. The van der Waals surface area contributed by atoms with Gasteiger partial charge in [-0.15, -0.1) is 0 Å². The molecular weight excluding hydrogens is 1170 g/mol. The molecule has 0 aromatic heterocycles. The second kappa shape index (κ2) is 59.8. The average Bonchev–Trinajstić information content (AvgIpc) is 3.64. The molecule has 0 radical (unpaired) electrons. The van der Waals surface area contributed by atoms with Crippen LogP contribution in [0.2, 0.25) is 0 Å². The highest BCUT2D eigenvalue weighted by Crippen LogP contribution is 2.45. The van der Waals surface area contributed by atoms with Crippen LogP contribution in [0.1, 0.15) is 344 Å². The quantitative estimate of drug-likeness (QED) is 0.0222. The predicted octanol–water partition coefficient (Wildman–Crippen LogP) is 19.7. The van der Waals surface area contributed by atoms with Crippen LogP contribution in [0.15, 0.2) is 0 Å². The molecule has 0 aliphatic rings. The fourth-order valence-electron chi connectivity index (χ4n) is 10.4. The van der Waals surface area contributed by atoms with E-state index in [1.807, 2.05) is 0 Å². The summed E-state index contributed by atoms with van der Waals surface area (Å²) in [6.07, 6.45) is 41.6. The van der Waals surface area contributed by atoms with E-state index < -0.39 is 97.5 Å². The lowest BCUT2D eigenvalue weighted by molar-refractivity contribution is -0.161. The number of carbonyl (C=O) groups is 4. The molecule has 0 aliphatic carbocycles. The molecule has 17 nitrogen and oxygen atoms in total. The number of rotatable bonds is 67. The Morgan fingerprint density at radius 2 is 0.539 bits per heavy atom. The normalized spacial score (nSPS) is 14.9. The van der Waals surface area contributed by atoms with Gasteiger partial charge in [-0.1, -0.05) is 293 Å². The lowest BCUT2D eigenvalue weighted by Crippen LogP contribution is -2.30. The van der Waals surface area contributed by atoms with E-state index in [2.05, 4.69) is 55.4 Å². The van der Waals surface area contributed by atoms with Crippen LogP contribution in [0.4, 0.5) is 0 Å². The number of esters is 4. The maximum atomic E-state index is 13.0. The summed E-state index contributed by atoms with van der Waals surface area (Å²) >= 11 is 0. The zero-order chi connectivity index (χ0) is 66.1. The van der Waals surface area contributed by atoms with Crippen molar-refractivity contribution in [1.29, 1.82) is 0 Å². The van der Waals surface area contributed by atoms with E-state index >= 15 is 0 Å². The highest BCUT2D eigenvalue weighted by atomic mass is 31.2. The average molecular weight is 1310 g/mol. The number of aliphatic hydroxyl groups excluding tert-OH is 1.